The number of β-amino-alcohol motifs (C(OH)–C–C–N with tert-alkyl or cyclic N) is 1. The molecular formula is C33H41Cl2N3O4. The van der Waals surface area contributed by atoms with Crippen LogP contribution in [0.15, 0.2) is 60.7 Å². The zero-order valence-electron chi connectivity index (χ0n) is 24.0. The van der Waals surface area contributed by atoms with Crippen LogP contribution < -0.4 is 4.74 Å². The number of imide groups is 1. The molecule has 2 aliphatic heterocycles. The molecule has 2 heterocycles. The predicted octanol–water partition coefficient (Wildman–Crippen LogP) is 5.38. The van der Waals surface area contributed by atoms with E-state index in [9.17, 15) is 14.7 Å². The van der Waals surface area contributed by atoms with E-state index in [1.54, 1.807) is 0 Å². The first kappa shape index (κ1) is 32.2. The molecule has 3 aromatic rings. The van der Waals surface area contributed by atoms with E-state index in [1.165, 1.54) is 42.6 Å². The van der Waals surface area contributed by atoms with Crippen molar-refractivity contribution in [2.75, 3.05) is 52.4 Å². The second-order valence-corrected chi connectivity index (χ2v) is 11.5. The van der Waals surface area contributed by atoms with E-state index >= 15 is 0 Å². The lowest BCUT2D eigenvalue weighted by Gasteiger charge is -2.36. The first-order valence-corrected chi connectivity index (χ1v) is 14.8. The van der Waals surface area contributed by atoms with Crippen molar-refractivity contribution in [2.24, 2.45) is 0 Å². The Bertz CT molecular complexity index is 1300. The fourth-order valence-electron chi connectivity index (χ4n) is 6.54. The van der Waals surface area contributed by atoms with Crippen molar-refractivity contribution in [3.63, 3.8) is 0 Å². The Hall–Kier alpha value is -2.68. The van der Waals surface area contributed by atoms with Crippen LogP contribution in [0.3, 0.4) is 0 Å². The Balaban J connectivity index is 0.00000202. The minimum atomic E-state index is -0.559. The monoisotopic (exact) mass is 613 g/mol. The molecule has 0 bridgehead atoms. The predicted molar refractivity (Wildman–Crippen MR) is 170 cm³/mol. The second kappa shape index (κ2) is 14.7. The number of amides is 2. The fraction of sp³-hybridized carbons (Fsp3) is 0.455. The van der Waals surface area contributed by atoms with Crippen LogP contribution in [0, 0.1) is 0 Å². The molecule has 0 radical (unpaired) electrons. The molecule has 2 amide bonds. The Morgan fingerprint density at radius 3 is 1.98 bits per heavy atom. The quantitative estimate of drug-likeness (QED) is 0.326. The van der Waals surface area contributed by atoms with E-state index in [4.69, 9.17) is 4.74 Å². The number of carbonyl (C=O) groups is 2. The third-order valence-electron chi connectivity index (χ3n) is 8.83. The van der Waals surface area contributed by atoms with Gasteiger partial charge in [0.2, 0.25) is 0 Å². The van der Waals surface area contributed by atoms with Crippen molar-refractivity contribution >= 4 is 47.4 Å². The molecule has 1 atom stereocenters. The molecule has 226 valence electrons. The standard InChI is InChI=1S/C33H39N3O4.2ClH/c37-27(23-40-28-14-12-25(13-15-28)24-6-2-1-3-7-24)22-35-18-16-34(17-19-35)20-21-36-32(38)29-10-4-8-26-9-5-11-30(31(26)29)33(36)39;;/h4-5,8-15,24,27,37H,1-3,6-7,16-23H2;2*1H. The highest BCUT2D eigenvalue weighted by atomic mass is 35.5. The molecule has 0 spiro atoms. The topological polar surface area (TPSA) is 73.3 Å². The highest BCUT2D eigenvalue weighted by Crippen LogP contribution is 2.33. The SMILES string of the molecule is Cl.Cl.O=C1c2cccc3cccc(c23)C(=O)N1CCN1CCN(CC(O)COc2ccc(C3CCCCC3)cc2)CC1. The van der Waals surface area contributed by atoms with E-state index in [0.717, 1.165) is 42.7 Å². The van der Waals surface area contributed by atoms with Crippen LogP contribution in [0.2, 0.25) is 0 Å². The molecule has 0 aromatic heterocycles. The van der Waals surface area contributed by atoms with Crippen LogP contribution in [-0.4, -0.2) is 90.1 Å². The van der Waals surface area contributed by atoms with Crippen LogP contribution in [0.5, 0.6) is 5.75 Å². The summed E-state index contributed by atoms with van der Waals surface area (Å²) >= 11 is 0. The lowest BCUT2D eigenvalue weighted by atomic mass is 9.84. The highest BCUT2D eigenvalue weighted by molar-refractivity contribution is 6.25. The van der Waals surface area contributed by atoms with E-state index in [1.807, 2.05) is 48.5 Å². The van der Waals surface area contributed by atoms with Crippen molar-refractivity contribution in [1.29, 1.82) is 0 Å². The maximum absolute atomic E-state index is 13.2. The van der Waals surface area contributed by atoms with Gasteiger partial charge < -0.3 is 9.84 Å². The van der Waals surface area contributed by atoms with Gasteiger partial charge in [-0.05, 0) is 54.0 Å². The molecule has 1 saturated heterocycles. The maximum Gasteiger partial charge on any atom is 0.261 e. The van der Waals surface area contributed by atoms with Crippen LogP contribution in [0.25, 0.3) is 10.8 Å². The molecule has 1 aliphatic carbocycles. The molecule has 1 saturated carbocycles. The van der Waals surface area contributed by atoms with Crippen molar-refractivity contribution in [2.45, 2.75) is 44.1 Å². The first-order chi connectivity index (χ1) is 19.6. The van der Waals surface area contributed by atoms with Gasteiger partial charge >= 0.3 is 0 Å². The van der Waals surface area contributed by atoms with E-state index in [-0.39, 0.29) is 43.2 Å². The Morgan fingerprint density at radius 2 is 1.36 bits per heavy atom. The van der Waals surface area contributed by atoms with Crippen molar-refractivity contribution in [3.05, 3.63) is 77.4 Å². The number of hydrogen-bond donors (Lipinski definition) is 1. The molecule has 42 heavy (non-hydrogen) atoms. The summed E-state index contributed by atoms with van der Waals surface area (Å²) in [5.74, 6) is 1.07. The Kier molecular flexibility index (Phi) is 11.3. The molecule has 9 heteroatoms. The summed E-state index contributed by atoms with van der Waals surface area (Å²) in [6.07, 6.45) is 6.02. The summed E-state index contributed by atoms with van der Waals surface area (Å²) in [5.41, 5.74) is 2.62. The number of carbonyl (C=O) groups excluding carboxylic acids is 2. The summed E-state index contributed by atoms with van der Waals surface area (Å²) in [6, 6.07) is 19.7. The van der Waals surface area contributed by atoms with E-state index in [0.29, 0.717) is 36.7 Å². The largest absolute Gasteiger partial charge is 0.491 e. The number of hydrogen-bond acceptors (Lipinski definition) is 6. The summed E-state index contributed by atoms with van der Waals surface area (Å²) < 4.78 is 5.89. The number of rotatable bonds is 9. The zero-order valence-corrected chi connectivity index (χ0v) is 25.6. The maximum atomic E-state index is 13.2. The Morgan fingerprint density at radius 1 is 0.762 bits per heavy atom. The number of aliphatic hydroxyl groups excluding tert-OH is 1. The van der Waals surface area contributed by atoms with Crippen LogP contribution in [-0.2, 0) is 0 Å². The summed E-state index contributed by atoms with van der Waals surface area (Å²) in [5, 5.41) is 12.3. The van der Waals surface area contributed by atoms with Gasteiger partial charge in [0.05, 0.1) is 0 Å². The van der Waals surface area contributed by atoms with Gasteiger partial charge in [-0.25, -0.2) is 0 Å². The Labute approximate surface area is 260 Å². The second-order valence-electron chi connectivity index (χ2n) is 11.5. The lowest BCUT2D eigenvalue weighted by molar-refractivity contribution is 0.0416. The number of benzene rings is 3. The van der Waals surface area contributed by atoms with Gasteiger partial charge in [-0.15, -0.1) is 24.8 Å². The van der Waals surface area contributed by atoms with E-state index < -0.39 is 6.10 Å². The number of aliphatic hydroxyl groups is 1. The first-order valence-electron chi connectivity index (χ1n) is 14.8. The minimum Gasteiger partial charge on any atom is -0.491 e. The molecule has 3 aromatic carbocycles. The van der Waals surface area contributed by atoms with Crippen molar-refractivity contribution in [1.82, 2.24) is 14.7 Å². The van der Waals surface area contributed by atoms with Gasteiger partial charge in [0.15, 0.2) is 0 Å². The number of halogens is 2. The van der Waals surface area contributed by atoms with Crippen molar-refractivity contribution < 1.29 is 19.4 Å². The molecule has 2 fully saturated rings. The normalized spacial score (nSPS) is 18.8. The van der Waals surface area contributed by atoms with Gasteiger partial charge in [-0.3, -0.25) is 24.3 Å². The number of ether oxygens (including phenoxy) is 1. The molecule has 3 aliphatic rings. The van der Waals surface area contributed by atoms with Gasteiger partial charge in [0.1, 0.15) is 18.5 Å². The zero-order chi connectivity index (χ0) is 27.5. The third-order valence-corrected chi connectivity index (χ3v) is 8.83. The highest BCUT2D eigenvalue weighted by Gasteiger charge is 2.33. The third kappa shape index (κ3) is 7.09. The molecule has 7 nitrogen and oxygen atoms in total. The number of nitrogens with zero attached hydrogens (tertiary/aromatic N) is 3. The summed E-state index contributed by atoms with van der Waals surface area (Å²) in [7, 11) is 0. The van der Waals surface area contributed by atoms with E-state index in [2.05, 4.69) is 21.9 Å². The van der Waals surface area contributed by atoms with Gasteiger partial charge in [-0.2, -0.15) is 0 Å². The summed E-state index contributed by atoms with van der Waals surface area (Å²) in [6.45, 7) is 5.18. The summed E-state index contributed by atoms with van der Waals surface area (Å²) in [4.78, 5) is 32.2. The number of piperazine rings is 1. The smallest absolute Gasteiger partial charge is 0.261 e. The lowest BCUT2D eigenvalue weighted by Crippen LogP contribution is -2.51. The van der Waals surface area contributed by atoms with Crippen molar-refractivity contribution in [3.8, 4) is 5.75 Å². The van der Waals surface area contributed by atoms with Crippen LogP contribution in [0.4, 0.5) is 0 Å². The average Bonchev–Trinajstić information content (AvgIpc) is 3.00. The molecular weight excluding hydrogens is 573 g/mol. The van der Waals surface area contributed by atoms with Gasteiger partial charge in [0.25, 0.3) is 11.8 Å². The van der Waals surface area contributed by atoms with Gasteiger partial charge in [0, 0.05) is 62.3 Å². The molecule has 1 N–H and O–H groups in total. The van der Waals surface area contributed by atoms with Crippen LogP contribution in [0.1, 0.15) is 64.3 Å². The van der Waals surface area contributed by atoms with Crippen LogP contribution >= 0.6 is 24.8 Å². The molecule has 6 rings (SSSR count). The van der Waals surface area contributed by atoms with Gasteiger partial charge in [-0.1, -0.05) is 55.7 Å². The fourth-order valence-corrected chi connectivity index (χ4v) is 6.54. The molecule has 1 unspecified atom stereocenters. The minimum absolute atomic E-state index is 0. The average molecular weight is 615 g/mol.